The molecule has 1 aromatic rings. The van der Waals surface area contributed by atoms with Gasteiger partial charge in [-0.05, 0) is 43.5 Å². The lowest BCUT2D eigenvalue weighted by atomic mass is 10.0. The predicted octanol–water partition coefficient (Wildman–Crippen LogP) is 2.57. The molecule has 0 bridgehead atoms. The van der Waals surface area contributed by atoms with Gasteiger partial charge in [-0.2, -0.15) is 0 Å². The van der Waals surface area contributed by atoms with Gasteiger partial charge < -0.3 is 5.32 Å². The van der Waals surface area contributed by atoms with Crippen LogP contribution < -0.4 is 5.32 Å². The van der Waals surface area contributed by atoms with Crippen molar-refractivity contribution in [3.8, 4) is 0 Å². The molecule has 1 N–H and O–H groups in total. The Morgan fingerprint density at radius 1 is 1.30 bits per heavy atom. The number of likely N-dealkylation sites (N-methyl/N-ethyl adjacent to an activating group) is 1. The van der Waals surface area contributed by atoms with Gasteiger partial charge in [-0.25, -0.2) is 0 Å². The normalized spacial score (nSPS) is 24.2. The molecule has 0 amide bonds. The number of piperazine rings is 1. The third-order valence-corrected chi connectivity index (χ3v) is 4.77. The van der Waals surface area contributed by atoms with Crippen LogP contribution in [0.3, 0.4) is 0 Å². The molecule has 3 nitrogen and oxygen atoms in total. The van der Waals surface area contributed by atoms with Gasteiger partial charge in [-0.3, -0.25) is 9.80 Å². The molecule has 2 aliphatic rings. The van der Waals surface area contributed by atoms with E-state index in [2.05, 4.69) is 47.2 Å². The summed E-state index contributed by atoms with van der Waals surface area (Å²) >= 11 is 0. The molecule has 1 unspecified atom stereocenters. The summed E-state index contributed by atoms with van der Waals surface area (Å²) < 4.78 is 0. The first-order valence-corrected chi connectivity index (χ1v) is 8.08. The average Bonchev–Trinajstić information content (AvgIpc) is 2.47. The Bertz CT molecular complexity index is 458. The maximum absolute atomic E-state index is 3.49. The standard InChI is InChI=1S/C17H27N3/c1-3-20-10-9-19(12-14(20)2)13-15-6-7-17-16(11-15)5-4-8-18-17/h6-7,11,14,18H,3-5,8-10,12-13H2,1-2H3. The summed E-state index contributed by atoms with van der Waals surface area (Å²) in [6, 6.07) is 7.68. The first-order valence-electron chi connectivity index (χ1n) is 8.08. The number of hydrogen-bond acceptors (Lipinski definition) is 3. The van der Waals surface area contributed by atoms with Gasteiger partial charge in [0.2, 0.25) is 0 Å². The van der Waals surface area contributed by atoms with E-state index in [4.69, 9.17) is 0 Å². The Kier molecular flexibility index (Phi) is 4.27. The number of aryl methyl sites for hydroxylation is 1. The van der Waals surface area contributed by atoms with Crippen molar-refractivity contribution in [2.24, 2.45) is 0 Å². The smallest absolute Gasteiger partial charge is 0.0372 e. The Hall–Kier alpha value is -1.06. The summed E-state index contributed by atoms with van der Waals surface area (Å²) in [4.78, 5) is 5.18. The Morgan fingerprint density at radius 3 is 3.00 bits per heavy atom. The summed E-state index contributed by atoms with van der Waals surface area (Å²) in [5, 5.41) is 3.49. The number of benzene rings is 1. The molecule has 0 aliphatic carbocycles. The fourth-order valence-electron chi connectivity index (χ4n) is 3.57. The van der Waals surface area contributed by atoms with Gasteiger partial charge >= 0.3 is 0 Å². The Balaban J connectivity index is 1.63. The monoisotopic (exact) mass is 273 g/mol. The molecule has 1 saturated heterocycles. The molecule has 0 aromatic heterocycles. The van der Waals surface area contributed by atoms with Crippen LogP contribution in [0.15, 0.2) is 18.2 Å². The van der Waals surface area contributed by atoms with Crippen LogP contribution in [-0.4, -0.2) is 48.6 Å². The molecule has 3 heteroatoms. The highest BCUT2D eigenvalue weighted by atomic mass is 15.3. The highest BCUT2D eigenvalue weighted by Gasteiger charge is 2.22. The maximum Gasteiger partial charge on any atom is 0.0372 e. The number of hydrogen-bond donors (Lipinski definition) is 1. The van der Waals surface area contributed by atoms with Crippen LogP contribution in [0.1, 0.15) is 31.4 Å². The quantitative estimate of drug-likeness (QED) is 0.913. The van der Waals surface area contributed by atoms with Gasteiger partial charge in [0.05, 0.1) is 0 Å². The highest BCUT2D eigenvalue weighted by molar-refractivity contribution is 5.54. The van der Waals surface area contributed by atoms with Crippen molar-refractivity contribution < 1.29 is 0 Å². The molecule has 110 valence electrons. The van der Waals surface area contributed by atoms with Gasteiger partial charge in [-0.15, -0.1) is 0 Å². The summed E-state index contributed by atoms with van der Waals surface area (Å²) in [5.41, 5.74) is 4.34. The van der Waals surface area contributed by atoms with E-state index < -0.39 is 0 Å². The predicted molar refractivity (Wildman–Crippen MR) is 85.2 cm³/mol. The van der Waals surface area contributed by atoms with Gasteiger partial charge in [0.1, 0.15) is 0 Å². The first-order chi connectivity index (χ1) is 9.76. The largest absolute Gasteiger partial charge is 0.385 e. The van der Waals surface area contributed by atoms with E-state index in [-0.39, 0.29) is 0 Å². The minimum Gasteiger partial charge on any atom is -0.385 e. The summed E-state index contributed by atoms with van der Waals surface area (Å²) in [6.45, 7) is 11.6. The summed E-state index contributed by atoms with van der Waals surface area (Å²) in [5.74, 6) is 0. The van der Waals surface area contributed by atoms with Crippen LogP contribution in [0, 0.1) is 0 Å². The molecule has 3 rings (SSSR count). The van der Waals surface area contributed by atoms with Crippen LogP contribution in [0.2, 0.25) is 0 Å². The van der Waals surface area contributed by atoms with Crippen molar-refractivity contribution in [2.75, 3.05) is 38.0 Å². The number of fused-ring (bicyclic) bond motifs is 1. The number of anilines is 1. The fraction of sp³-hybridized carbons (Fsp3) is 0.647. The van der Waals surface area contributed by atoms with E-state index in [1.807, 2.05) is 0 Å². The molecule has 20 heavy (non-hydrogen) atoms. The number of nitrogens with one attached hydrogen (secondary N) is 1. The first kappa shape index (κ1) is 13.9. The van der Waals surface area contributed by atoms with Crippen molar-refractivity contribution in [3.05, 3.63) is 29.3 Å². The average molecular weight is 273 g/mol. The van der Waals surface area contributed by atoms with Crippen LogP contribution >= 0.6 is 0 Å². The molecule has 0 radical (unpaired) electrons. The second-order valence-electron chi connectivity index (χ2n) is 6.23. The lowest BCUT2D eigenvalue weighted by Crippen LogP contribution is -2.51. The van der Waals surface area contributed by atoms with Crippen LogP contribution in [0.5, 0.6) is 0 Å². The zero-order chi connectivity index (χ0) is 13.9. The van der Waals surface area contributed by atoms with Crippen molar-refractivity contribution in [1.82, 2.24) is 9.80 Å². The zero-order valence-corrected chi connectivity index (χ0v) is 12.9. The molecule has 1 aromatic carbocycles. The summed E-state index contributed by atoms with van der Waals surface area (Å²) in [7, 11) is 0. The Labute approximate surface area is 123 Å². The number of rotatable bonds is 3. The van der Waals surface area contributed by atoms with E-state index in [0.29, 0.717) is 6.04 Å². The van der Waals surface area contributed by atoms with Crippen molar-refractivity contribution in [2.45, 2.75) is 39.3 Å². The van der Waals surface area contributed by atoms with Gasteiger partial charge in [0.25, 0.3) is 0 Å². The minimum absolute atomic E-state index is 0.688. The lowest BCUT2D eigenvalue weighted by Gasteiger charge is -2.39. The maximum atomic E-state index is 3.49. The van der Waals surface area contributed by atoms with Crippen LogP contribution in [-0.2, 0) is 13.0 Å². The van der Waals surface area contributed by atoms with Crippen LogP contribution in [0.4, 0.5) is 5.69 Å². The molecular weight excluding hydrogens is 246 g/mol. The van der Waals surface area contributed by atoms with Gasteiger partial charge in [0, 0.05) is 44.5 Å². The Morgan fingerprint density at radius 2 is 2.20 bits per heavy atom. The van der Waals surface area contributed by atoms with Crippen molar-refractivity contribution in [1.29, 1.82) is 0 Å². The topological polar surface area (TPSA) is 18.5 Å². The van der Waals surface area contributed by atoms with E-state index in [0.717, 1.165) is 13.1 Å². The molecule has 1 atom stereocenters. The molecule has 1 fully saturated rings. The third kappa shape index (κ3) is 2.99. The van der Waals surface area contributed by atoms with E-state index in [9.17, 15) is 0 Å². The molecule has 0 saturated carbocycles. The molecular formula is C17H27N3. The number of nitrogens with zero attached hydrogens (tertiary/aromatic N) is 2. The zero-order valence-electron chi connectivity index (χ0n) is 12.9. The van der Waals surface area contributed by atoms with E-state index in [1.54, 1.807) is 0 Å². The van der Waals surface area contributed by atoms with E-state index >= 15 is 0 Å². The van der Waals surface area contributed by atoms with Gasteiger partial charge in [0.15, 0.2) is 0 Å². The molecule has 0 spiro atoms. The van der Waals surface area contributed by atoms with Gasteiger partial charge in [-0.1, -0.05) is 19.1 Å². The van der Waals surface area contributed by atoms with Crippen molar-refractivity contribution in [3.63, 3.8) is 0 Å². The summed E-state index contributed by atoms with van der Waals surface area (Å²) in [6.07, 6.45) is 2.50. The van der Waals surface area contributed by atoms with E-state index in [1.165, 1.54) is 55.8 Å². The van der Waals surface area contributed by atoms with Crippen molar-refractivity contribution >= 4 is 5.69 Å². The SMILES string of the molecule is CCN1CCN(Cc2ccc3c(c2)CCCN3)CC1C. The molecule has 2 aliphatic heterocycles. The third-order valence-electron chi connectivity index (χ3n) is 4.77. The second kappa shape index (κ2) is 6.15. The lowest BCUT2D eigenvalue weighted by molar-refractivity contribution is 0.0834. The molecule has 2 heterocycles. The second-order valence-corrected chi connectivity index (χ2v) is 6.23. The highest BCUT2D eigenvalue weighted by Crippen LogP contribution is 2.24. The fourth-order valence-corrected chi connectivity index (χ4v) is 3.57. The minimum atomic E-state index is 0.688. The van der Waals surface area contributed by atoms with Crippen LogP contribution in [0.25, 0.3) is 0 Å².